The fraction of sp³-hybridized carbons (Fsp3) is 0.667. The maximum Gasteiger partial charge on any atom is 0.129 e. The Labute approximate surface area is 125 Å². The van der Waals surface area contributed by atoms with Crippen LogP contribution in [0.1, 0.15) is 31.9 Å². The van der Waals surface area contributed by atoms with Gasteiger partial charge in [0.05, 0.1) is 22.9 Å². The van der Waals surface area contributed by atoms with E-state index in [0.29, 0.717) is 12.1 Å². The van der Waals surface area contributed by atoms with Crippen molar-refractivity contribution in [1.29, 1.82) is 0 Å². The largest absolute Gasteiger partial charge is 0.376 e. The van der Waals surface area contributed by atoms with Gasteiger partial charge in [0.15, 0.2) is 0 Å². The number of hydrogen-bond acceptors (Lipinski definition) is 4. The minimum absolute atomic E-state index is 0.255. The molecule has 5 heteroatoms. The van der Waals surface area contributed by atoms with Crippen molar-refractivity contribution >= 4 is 17.4 Å². The van der Waals surface area contributed by atoms with Crippen LogP contribution in [0.5, 0.6) is 0 Å². The molecule has 0 aromatic carbocycles. The van der Waals surface area contributed by atoms with E-state index in [1.807, 2.05) is 12.1 Å². The van der Waals surface area contributed by atoms with Crippen molar-refractivity contribution in [2.24, 2.45) is 0 Å². The van der Waals surface area contributed by atoms with Crippen molar-refractivity contribution in [1.82, 2.24) is 10.3 Å². The molecule has 20 heavy (non-hydrogen) atoms. The van der Waals surface area contributed by atoms with Crippen molar-refractivity contribution in [2.75, 3.05) is 18.6 Å². The van der Waals surface area contributed by atoms with Gasteiger partial charge in [0.25, 0.3) is 0 Å². The molecule has 0 amide bonds. The van der Waals surface area contributed by atoms with Crippen LogP contribution in [0, 0.1) is 0 Å². The average molecular weight is 296 g/mol. The second-order valence-electron chi connectivity index (χ2n) is 5.80. The summed E-state index contributed by atoms with van der Waals surface area (Å²) in [5.41, 5.74) is 0.939. The van der Waals surface area contributed by atoms with Crippen molar-refractivity contribution in [3.05, 3.63) is 22.8 Å². The highest BCUT2D eigenvalue weighted by Gasteiger charge is 2.29. The van der Waals surface area contributed by atoms with Crippen LogP contribution in [0.4, 0.5) is 5.82 Å². The zero-order valence-corrected chi connectivity index (χ0v) is 12.9. The summed E-state index contributed by atoms with van der Waals surface area (Å²) in [6.07, 6.45) is 3.85. The third-order valence-corrected chi connectivity index (χ3v) is 4.58. The van der Waals surface area contributed by atoms with Gasteiger partial charge in [-0.15, -0.1) is 0 Å². The Bertz CT molecular complexity index is 478. The number of anilines is 1. The highest BCUT2D eigenvalue weighted by atomic mass is 35.5. The number of rotatable bonds is 5. The molecule has 1 N–H and O–H groups in total. The molecule has 1 saturated carbocycles. The summed E-state index contributed by atoms with van der Waals surface area (Å²) in [5, 5.41) is 4.21. The summed E-state index contributed by atoms with van der Waals surface area (Å²) >= 11 is 6.25. The predicted octanol–water partition coefficient (Wildman–Crippen LogP) is 2.60. The third-order valence-electron chi connectivity index (χ3n) is 4.23. The van der Waals surface area contributed by atoms with Crippen LogP contribution < -0.4 is 10.2 Å². The summed E-state index contributed by atoms with van der Waals surface area (Å²) in [6.45, 7) is 3.71. The molecular formula is C15H22ClN3O. The Morgan fingerprint density at radius 3 is 2.85 bits per heavy atom. The van der Waals surface area contributed by atoms with E-state index in [0.717, 1.165) is 36.1 Å². The zero-order valence-electron chi connectivity index (χ0n) is 12.1. The van der Waals surface area contributed by atoms with E-state index in [1.54, 1.807) is 0 Å². The summed E-state index contributed by atoms with van der Waals surface area (Å²) < 4.78 is 5.64. The first kappa shape index (κ1) is 14.1. The molecule has 1 aromatic rings. The van der Waals surface area contributed by atoms with Gasteiger partial charge in [0, 0.05) is 26.2 Å². The van der Waals surface area contributed by atoms with Gasteiger partial charge in [0.2, 0.25) is 0 Å². The lowest BCUT2D eigenvalue weighted by molar-refractivity contribution is 0.118. The Balaban J connectivity index is 1.73. The molecular weight excluding hydrogens is 274 g/mol. The van der Waals surface area contributed by atoms with Crippen molar-refractivity contribution in [2.45, 2.75) is 50.9 Å². The van der Waals surface area contributed by atoms with Crippen LogP contribution in [-0.4, -0.2) is 36.8 Å². The minimum atomic E-state index is 0.255. The van der Waals surface area contributed by atoms with Gasteiger partial charge < -0.3 is 15.0 Å². The average Bonchev–Trinajstić information content (AvgIpc) is 3.17. The van der Waals surface area contributed by atoms with Gasteiger partial charge in [-0.05, 0) is 38.3 Å². The molecule has 2 atom stereocenters. The van der Waals surface area contributed by atoms with Crippen LogP contribution in [0.25, 0.3) is 0 Å². The van der Waals surface area contributed by atoms with E-state index < -0.39 is 0 Å². The molecule has 1 aliphatic heterocycles. The van der Waals surface area contributed by atoms with Crippen LogP contribution in [0.2, 0.25) is 5.02 Å². The molecule has 3 rings (SSSR count). The highest BCUT2D eigenvalue weighted by molar-refractivity contribution is 6.31. The monoisotopic (exact) mass is 295 g/mol. The van der Waals surface area contributed by atoms with Crippen LogP contribution in [-0.2, 0) is 11.3 Å². The summed E-state index contributed by atoms with van der Waals surface area (Å²) in [7, 11) is 2.09. The number of nitrogens with zero attached hydrogens (tertiary/aromatic N) is 2. The fourth-order valence-corrected chi connectivity index (χ4v) is 2.89. The molecule has 0 spiro atoms. The number of hydrogen-bond donors (Lipinski definition) is 1. The molecule has 1 saturated heterocycles. The maximum absolute atomic E-state index is 6.25. The second kappa shape index (κ2) is 5.88. The molecule has 1 aliphatic carbocycles. The van der Waals surface area contributed by atoms with E-state index in [-0.39, 0.29) is 6.10 Å². The maximum atomic E-state index is 6.25. The summed E-state index contributed by atoms with van der Waals surface area (Å²) in [5.74, 6) is 0.976. The molecule has 2 fully saturated rings. The first-order valence-corrected chi connectivity index (χ1v) is 7.76. The third kappa shape index (κ3) is 3.08. The first-order chi connectivity index (χ1) is 9.65. The minimum Gasteiger partial charge on any atom is -0.376 e. The molecule has 0 bridgehead atoms. The molecule has 110 valence electrons. The summed E-state index contributed by atoms with van der Waals surface area (Å²) in [4.78, 5) is 6.94. The topological polar surface area (TPSA) is 37.4 Å². The van der Waals surface area contributed by atoms with Crippen LogP contribution >= 0.6 is 11.6 Å². The SMILES string of the molecule is CC1OCCC1N(C)c1ccc(Cl)c(CNC2CC2)n1. The van der Waals surface area contributed by atoms with Gasteiger partial charge in [-0.1, -0.05) is 11.6 Å². The fourth-order valence-electron chi connectivity index (χ4n) is 2.72. The first-order valence-electron chi connectivity index (χ1n) is 7.38. The van der Waals surface area contributed by atoms with E-state index in [4.69, 9.17) is 21.3 Å². The van der Waals surface area contributed by atoms with Gasteiger partial charge in [-0.25, -0.2) is 4.98 Å². The molecule has 0 radical (unpaired) electrons. The quantitative estimate of drug-likeness (QED) is 0.906. The number of pyridine rings is 1. The number of ether oxygens (including phenoxy) is 1. The predicted molar refractivity (Wildman–Crippen MR) is 81.3 cm³/mol. The van der Waals surface area contributed by atoms with Gasteiger partial charge in [-0.2, -0.15) is 0 Å². The van der Waals surface area contributed by atoms with E-state index in [1.165, 1.54) is 12.8 Å². The molecule has 4 nitrogen and oxygen atoms in total. The second-order valence-corrected chi connectivity index (χ2v) is 6.20. The van der Waals surface area contributed by atoms with Crippen LogP contribution in [0.3, 0.4) is 0 Å². The number of aromatic nitrogens is 1. The van der Waals surface area contributed by atoms with Crippen LogP contribution in [0.15, 0.2) is 12.1 Å². The lowest BCUT2D eigenvalue weighted by Gasteiger charge is -2.28. The standard InChI is InChI=1S/C15H22ClN3O/c1-10-14(7-8-20-10)19(2)15-6-5-12(16)13(18-15)9-17-11-3-4-11/h5-6,10-11,14,17H,3-4,7-9H2,1-2H3. The number of likely N-dealkylation sites (N-methyl/N-ethyl adjacent to an activating group) is 1. The zero-order chi connectivity index (χ0) is 14.1. The lowest BCUT2D eigenvalue weighted by Crippen LogP contribution is -2.37. The smallest absolute Gasteiger partial charge is 0.129 e. The van der Waals surface area contributed by atoms with Gasteiger partial charge >= 0.3 is 0 Å². The Kier molecular flexibility index (Phi) is 4.15. The Morgan fingerprint density at radius 2 is 2.20 bits per heavy atom. The van der Waals surface area contributed by atoms with Gasteiger partial charge in [0.1, 0.15) is 5.82 Å². The normalized spacial score (nSPS) is 25.9. The van der Waals surface area contributed by atoms with Crippen molar-refractivity contribution in [3.63, 3.8) is 0 Å². The summed E-state index contributed by atoms with van der Waals surface area (Å²) in [6, 6.07) is 5.00. The Morgan fingerprint density at radius 1 is 1.40 bits per heavy atom. The van der Waals surface area contributed by atoms with Gasteiger partial charge in [-0.3, -0.25) is 0 Å². The highest BCUT2D eigenvalue weighted by Crippen LogP contribution is 2.26. The number of halogens is 1. The van der Waals surface area contributed by atoms with E-state index >= 15 is 0 Å². The number of nitrogens with one attached hydrogen (secondary N) is 1. The van der Waals surface area contributed by atoms with E-state index in [9.17, 15) is 0 Å². The van der Waals surface area contributed by atoms with Crippen molar-refractivity contribution in [3.8, 4) is 0 Å². The molecule has 1 aromatic heterocycles. The molecule has 2 aliphatic rings. The molecule has 2 unspecified atom stereocenters. The molecule has 2 heterocycles. The lowest BCUT2D eigenvalue weighted by atomic mass is 10.1. The Hall–Kier alpha value is -0.840. The van der Waals surface area contributed by atoms with E-state index in [2.05, 4.69) is 24.2 Å². The van der Waals surface area contributed by atoms with Crippen molar-refractivity contribution < 1.29 is 4.74 Å².